The van der Waals surface area contributed by atoms with Crippen LogP contribution in [0.15, 0.2) is 22.7 Å². The van der Waals surface area contributed by atoms with Crippen molar-refractivity contribution in [1.29, 1.82) is 0 Å². The fraction of sp³-hybridized carbons (Fsp3) is 0.364. The first-order valence-electron chi connectivity index (χ1n) is 5.16. The molecule has 17 heavy (non-hydrogen) atoms. The lowest BCUT2D eigenvalue weighted by Gasteiger charge is -2.15. The highest BCUT2D eigenvalue weighted by molar-refractivity contribution is 9.10. The molecule has 0 aromatic heterocycles. The Morgan fingerprint density at radius 2 is 2.29 bits per heavy atom. The number of nitrogens with two attached hydrogens (primary N) is 1. The molecule has 3 N–H and O–H groups in total. The van der Waals surface area contributed by atoms with Gasteiger partial charge in [0.05, 0.1) is 17.3 Å². The van der Waals surface area contributed by atoms with E-state index in [2.05, 4.69) is 21.2 Å². The van der Waals surface area contributed by atoms with E-state index in [9.17, 15) is 4.79 Å². The monoisotopic (exact) mass is 319 g/mol. The minimum Gasteiger partial charge on any atom is -0.329 e. The molecule has 1 aromatic rings. The number of nitrogens with one attached hydrogen (secondary N) is 1. The maximum atomic E-state index is 11.7. The molecule has 0 spiro atoms. The summed E-state index contributed by atoms with van der Waals surface area (Å²) < 4.78 is 0.876. The summed E-state index contributed by atoms with van der Waals surface area (Å²) in [5, 5.41) is 3.26. The standard InChI is InChI=1S/C11H15BrClN3O/c1-16(5-4-14)7-11(17)15-10-3-2-8(12)6-9(10)13/h2-3,6H,4-5,7,14H2,1H3,(H,15,17). The maximum Gasteiger partial charge on any atom is 0.238 e. The van der Waals surface area contributed by atoms with E-state index in [-0.39, 0.29) is 5.91 Å². The van der Waals surface area contributed by atoms with Gasteiger partial charge >= 0.3 is 0 Å². The molecule has 1 aromatic carbocycles. The number of amides is 1. The number of hydrogen-bond acceptors (Lipinski definition) is 3. The van der Waals surface area contributed by atoms with Gasteiger partial charge in [-0.1, -0.05) is 27.5 Å². The molecule has 0 bridgehead atoms. The largest absolute Gasteiger partial charge is 0.329 e. The van der Waals surface area contributed by atoms with E-state index in [4.69, 9.17) is 17.3 Å². The van der Waals surface area contributed by atoms with E-state index in [0.717, 1.165) is 4.47 Å². The van der Waals surface area contributed by atoms with Crippen molar-refractivity contribution in [2.24, 2.45) is 5.73 Å². The summed E-state index contributed by atoms with van der Waals surface area (Å²) in [5.74, 6) is -0.106. The number of benzene rings is 1. The lowest BCUT2D eigenvalue weighted by atomic mass is 10.3. The van der Waals surface area contributed by atoms with Gasteiger partial charge in [-0.3, -0.25) is 9.69 Å². The zero-order chi connectivity index (χ0) is 12.8. The minimum absolute atomic E-state index is 0.106. The van der Waals surface area contributed by atoms with E-state index >= 15 is 0 Å². The van der Waals surface area contributed by atoms with Gasteiger partial charge in [0.1, 0.15) is 0 Å². The number of likely N-dealkylation sites (N-methyl/N-ethyl adjacent to an activating group) is 1. The molecule has 1 amide bonds. The lowest BCUT2D eigenvalue weighted by molar-refractivity contribution is -0.117. The Morgan fingerprint density at radius 3 is 2.88 bits per heavy atom. The molecule has 0 aliphatic carbocycles. The molecule has 0 heterocycles. The molecule has 0 saturated carbocycles. The Labute approximate surface area is 114 Å². The number of rotatable bonds is 5. The normalized spacial score (nSPS) is 10.6. The van der Waals surface area contributed by atoms with Crippen molar-refractivity contribution in [2.75, 3.05) is 32.0 Å². The summed E-state index contributed by atoms with van der Waals surface area (Å²) >= 11 is 9.30. The van der Waals surface area contributed by atoms with Crippen molar-refractivity contribution in [3.63, 3.8) is 0 Å². The molecule has 0 fully saturated rings. The predicted molar refractivity (Wildman–Crippen MR) is 74.3 cm³/mol. The van der Waals surface area contributed by atoms with Crippen LogP contribution in [0, 0.1) is 0 Å². The van der Waals surface area contributed by atoms with E-state index in [0.29, 0.717) is 30.3 Å². The molecule has 0 atom stereocenters. The van der Waals surface area contributed by atoms with Gasteiger partial charge < -0.3 is 11.1 Å². The lowest BCUT2D eigenvalue weighted by Crippen LogP contribution is -2.33. The van der Waals surface area contributed by atoms with E-state index < -0.39 is 0 Å². The first-order chi connectivity index (χ1) is 8.02. The van der Waals surface area contributed by atoms with Crippen LogP contribution in [0.1, 0.15) is 0 Å². The van der Waals surface area contributed by atoms with Gasteiger partial charge in [-0.2, -0.15) is 0 Å². The van der Waals surface area contributed by atoms with Crippen molar-refractivity contribution >= 4 is 39.1 Å². The molecule has 0 saturated heterocycles. The Bertz CT molecular complexity index is 400. The van der Waals surface area contributed by atoms with Crippen LogP contribution in [0.4, 0.5) is 5.69 Å². The Balaban J connectivity index is 2.56. The van der Waals surface area contributed by atoms with Gasteiger partial charge in [0.15, 0.2) is 0 Å². The molecular weight excluding hydrogens is 305 g/mol. The number of halogens is 2. The average molecular weight is 321 g/mol. The molecule has 0 aliphatic heterocycles. The predicted octanol–water partition coefficient (Wildman–Crippen LogP) is 1.93. The van der Waals surface area contributed by atoms with Gasteiger partial charge in [-0.25, -0.2) is 0 Å². The highest BCUT2D eigenvalue weighted by atomic mass is 79.9. The number of hydrogen-bond donors (Lipinski definition) is 2. The van der Waals surface area contributed by atoms with Crippen LogP contribution in [0.25, 0.3) is 0 Å². The number of anilines is 1. The molecule has 0 unspecified atom stereocenters. The van der Waals surface area contributed by atoms with Crippen LogP contribution in [-0.2, 0) is 4.79 Å². The molecule has 0 aliphatic rings. The second kappa shape index (κ2) is 6.96. The summed E-state index contributed by atoms with van der Waals surface area (Å²) in [6, 6.07) is 5.32. The van der Waals surface area contributed by atoms with Crippen molar-refractivity contribution in [3.8, 4) is 0 Å². The van der Waals surface area contributed by atoms with E-state index in [1.807, 2.05) is 18.0 Å². The van der Waals surface area contributed by atoms with Crippen molar-refractivity contribution in [3.05, 3.63) is 27.7 Å². The van der Waals surface area contributed by atoms with Crippen LogP contribution in [0.5, 0.6) is 0 Å². The summed E-state index contributed by atoms with van der Waals surface area (Å²) in [7, 11) is 1.84. The smallest absolute Gasteiger partial charge is 0.238 e. The number of carbonyl (C=O) groups excluding carboxylic acids is 1. The summed E-state index contributed by atoms with van der Waals surface area (Å²) in [6.45, 7) is 1.51. The van der Waals surface area contributed by atoms with Crippen LogP contribution in [0.3, 0.4) is 0 Å². The molecule has 6 heteroatoms. The van der Waals surface area contributed by atoms with Gasteiger partial charge in [0, 0.05) is 17.6 Å². The van der Waals surface area contributed by atoms with Gasteiger partial charge in [0.25, 0.3) is 0 Å². The first kappa shape index (κ1) is 14.4. The van der Waals surface area contributed by atoms with Crippen LogP contribution < -0.4 is 11.1 Å². The first-order valence-corrected chi connectivity index (χ1v) is 6.33. The fourth-order valence-corrected chi connectivity index (χ4v) is 2.05. The maximum absolute atomic E-state index is 11.7. The quantitative estimate of drug-likeness (QED) is 0.871. The third-order valence-corrected chi connectivity index (χ3v) is 2.94. The van der Waals surface area contributed by atoms with Crippen LogP contribution >= 0.6 is 27.5 Å². The molecule has 4 nitrogen and oxygen atoms in total. The summed E-state index contributed by atoms with van der Waals surface area (Å²) in [6.07, 6.45) is 0. The summed E-state index contributed by atoms with van der Waals surface area (Å²) in [5.41, 5.74) is 6.01. The van der Waals surface area contributed by atoms with E-state index in [1.165, 1.54) is 0 Å². The Morgan fingerprint density at radius 1 is 1.59 bits per heavy atom. The molecule has 0 radical (unpaired) electrons. The number of carbonyl (C=O) groups is 1. The molecular formula is C11H15BrClN3O. The van der Waals surface area contributed by atoms with Crippen molar-refractivity contribution in [2.45, 2.75) is 0 Å². The third kappa shape index (κ3) is 5.04. The van der Waals surface area contributed by atoms with Gasteiger partial charge in [-0.05, 0) is 25.2 Å². The SMILES string of the molecule is CN(CCN)CC(=O)Nc1ccc(Br)cc1Cl. The minimum atomic E-state index is -0.106. The second-order valence-electron chi connectivity index (χ2n) is 3.70. The summed E-state index contributed by atoms with van der Waals surface area (Å²) in [4.78, 5) is 13.5. The zero-order valence-corrected chi connectivity index (χ0v) is 11.9. The van der Waals surface area contributed by atoms with Gasteiger partial charge in [-0.15, -0.1) is 0 Å². The zero-order valence-electron chi connectivity index (χ0n) is 9.54. The highest BCUT2D eigenvalue weighted by Crippen LogP contribution is 2.25. The van der Waals surface area contributed by atoms with Crippen molar-refractivity contribution < 1.29 is 4.79 Å². The topological polar surface area (TPSA) is 58.4 Å². The highest BCUT2D eigenvalue weighted by Gasteiger charge is 2.08. The third-order valence-electron chi connectivity index (χ3n) is 2.13. The van der Waals surface area contributed by atoms with Crippen LogP contribution in [-0.4, -0.2) is 37.5 Å². The van der Waals surface area contributed by atoms with Crippen LogP contribution in [0.2, 0.25) is 5.02 Å². The second-order valence-corrected chi connectivity index (χ2v) is 5.02. The van der Waals surface area contributed by atoms with Crippen molar-refractivity contribution in [1.82, 2.24) is 4.90 Å². The van der Waals surface area contributed by atoms with E-state index in [1.54, 1.807) is 12.1 Å². The Kier molecular flexibility index (Phi) is 5.91. The molecule has 94 valence electrons. The average Bonchev–Trinajstić information content (AvgIpc) is 2.22. The fourth-order valence-electron chi connectivity index (χ4n) is 1.33. The molecule has 1 rings (SSSR count). The number of nitrogens with zero attached hydrogens (tertiary/aromatic N) is 1. The Hall–Kier alpha value is -0.620. The van der Waals surface area contributed by atoms with Gasteiger partial charge in [0.2, 0.25) is 5.91 Å².